The highest BCUT2D eigenvalue weighted by atomic mass is 35.5. The first kappa shape index (κ1) is 15.0. The van der Waals surface area contributed by atoms with Crippen LogP contribution in [0.2, 0.25) is 5.02 Å². The van der Waals surface area contributed by atoms with Crippen molar-refractivity contribution in [3.05, 3.63) is 68.7 Å². The summed E-state index contributed by atoms with van der Waals surface area (Å²) in [4.78, 5) is 22.0. The molecule has 1 N–H and O–H groups in total. The van der Waals surface area contributed by atoms with E-state index in [2.05, 4.69) is 5.32 Å². The molecule has 0 saturated heterocycles. The lowest BCUT2D eigenvalue weighted by molar-refractivity contribution is -0.384. The SMILES string of the molecule is Cc1ccc(NC(=O)Cc2ccc([N+](=O)[O-])cc2)c(Cl)c1. The van der Waals surface area contributed by atoms with Gasteiger partial charge in [0.1, 0.15) is 0 Å². The number of anilines is 1. The van der Waals surface area contributed by atoms with Crippen LogP contribution >= 0.6 is 11.6 Å². The van der Waals surface area contributed by atoms with E-state index in [1.165, 1.54) is 12.1 Å². The smallest absolute Gasteiger partial charge is 0.269 e. The Labute approximate surface area is 126 Å². The zero-order valence-corrected chi connectivity index (χ0v) is 12.1. The molecule has 0 bridgehead atoms. The van der Waals surface area contributed by atoms with Crippen molar-refractivity contribution in [3.8, 4) is 0 Å². The molecule has 0 atom stereocenters. The standard InChI is InChI=1S/C15H13ClN2O3/c1-10-2-7-14(13(16)8-10)17-15(19)9-11-3-5-12(6-4-11)18(20)21/h2-8H,9H2,1H3,(H,17,19). The normalized spacial score (nSPS) is 10.2. The minimum atomic E-state index is -0.476. The van der Waals surface area contributed by atoms with Gasteiger partial charge in [0.15, 0.2) is 0 Å². The molecule has 0 fully saturated rings. The van der Waals surface area contributed by atoms with Crippen molar-refractivity contribution in [1.82, 2.24) is 0 Å². The van der Waals surface area contributed by atoms with Crippen LogP contribution in [0.5, 0.6) is 0 Å². The van der Waals surface area contributed by atoms with E-state index in [1.54, 1.807) is 24.3 Å². The number of aryl methyl sites for hydroxylation is 1. The highest BCUT2D eigenvalue weighted by Gasteiger charge is 2.09. The van der Waals surface area contributed by atoms with E-state index in [9.17, 15) is 14.9 Å². The molecule has 6 heteroatoms. The Morgan fingerprint density at radius 2 is 1.90 bits per heavy atom. The van der Waals surface area contributed by atoms with Gasteiger partial charge in [-0.05, 0) is 30.2 Å². The molecule has 0 aliphatic rings. The van der Waals surface area contributed by atoms with Crippen molar-refractivity contribution in [2.75, 3.05) is 5.32 Å². The summed E-state index contributed by atoms with van der Waals surface area (Å²) in [6.45, 7) is 1.91. The van der Waals surface area contributed by atoms with E-state index in [4.69, 9.17) is 11.6 Å². The van der Waals surface area contributed by atoms with E-state index in [0.717, 1.165) is 5.56 Å². The Balaban J connectivity index is 2.02. The number of carbonyl (C=O) groups is 1. The quantitative estimate of drug-likeness (QED) is 0.691. The van der Waals surface area contributed by atoms with Gasteiger partial charge in [-0.3, -0.25) is 14.9 Å². The van der Waals surface area contributed by atoms with Crippen LogP contribution in [0.25, 0.3) is 0 Å². The van der Waals surface area contributed by atoms with Crippen molar-refractivity contribution in [1.29, 1.82) is 0 Å². The van der Waals surface area contributed by atoms with Gasteiger partial charge < -0.3 is 5.32 Å². The molecule has 0 spiro atoms. The second-order valence-corrected chi connectivity index (χ2v) is 5.04. The fourth-order valence-corrected chi connectivity index (χ4v) is 2.12. The summed E-state index contributed by atoms with van der Waals surface area (Å²) < 4.78 is 0. The fraction of sp³-hybridized carbons (Fsp3) is 0.133. The molecule has 0 heterocycles. The molecule has 0 aromatic heterocycles. The van der Waals surface area contributed by atoms with Gasteiger partial charge in [-0.1, -0.05) is 29.8 Å². The molecule has 2 rings (SSSR count). The van der Waals surface area contributed by atoms with Gasteiger partial charge in [0.25, 0.3) is 5.69 Å². The average Bonchev–Trinajstić information content (AvgIpc) is 2.42. The Kier molecular flexibility index (Phi) is 4.55. The first-order valence-electron chi connectivity index (χ1n) is 6.25. The van der Waals surface area contributed by atoms with Gasteiger partial charge in [0.2, 0.25) is 5.91 Å². The number of nitro benzene ring substituents is 1. The molecule has 2 aromatic rings. The van der Waals surface area contributed by atoms with Gasteiger partial charge in [-0.25, -0.2) is 0 Å². The summed E-state index contributed by atoms with van der Waals surface area (Å²) in [6, 6.07) is 11.2. The lowest BCUT2D eigenvalue weighted by Crippen LogP contribution is -2.14. The lowest BCUT2D eigenvalue weighted by Gasteiger charge is -2.08. The number of amides is 1. The van der Waals surface area contributed by atoms with E-state index in [0.29, 0.717) is 16.3 Å². The monoisotopic (exact) mass is 304 g/mol. The van der Waals surface area contributed by atoms with E-state index in [-0.39, 0.29) is 18.0 Å². The zero-order valence-electron chi connectivity index (χ0n) is 11.3. The van der Waals surface area contributed by atoms with Crippen LogP contribution in [-0.4, -0.2) is 10.8 Å². The van der Waals surface area contributed by atoms with Crippen molar-refractivity contribution in [2.24, 2.45) is 0 Å². The maximum atomic E-state index is 11.9. The van der Waals surface area contributed by atoms with Gasteiger partial charge in [-0.2, -0.15) is 0 Å². The summed E-state index contributed by atoms with van der Waals surface area (Å²) in [6.07, 6.45) is 0.127. The number of nitrogens with one attached hydrogen (secondary N) is 1. The van der Waals surface area contributed by atoms with Gasteiger partial charge in [0.05, 0.1) is 22.1 Å². The van der Waals surface area contributed by atoms with Crippen LogP contribution in [0.1, 0.15) is 11.1 Å². The molecule has 2 aromatic carbocycles. The largest absolute Gasteiger partial charge is 0.324 e. The summed E-state index contributed by atoms with van der Waals surface area (Å²) in [7, 11) is 0. The summed E-state index contributed by atoms with van der Waals surface area (Å²) >= 11 is 6.04. The number of rotatable bonds is 4. The molecule has 1 amide bonds. The minimum absolute atomic E-state index is 0.000683. The van der Waals surface area contributed by atoms with Crippen molar-refractivity contribution in [2.45, 2.75) is 13.3 Å². The zero-order chi connectivity index (χ0) is 15.4. The van der Waals surface area contributed by atoms with Crippen molar-refractivity contribution < 1.29 is 9.72 Å². The molecular formula is C15H13ClN2O3. The predicted octanol–water partition coefficient (Wildman–Crippen LogP) is 3.74. The second kappa shape index (κ2) is 6.37. The van der Waals surface area contributed by atoms with Gasteiger partial charge in [0, 0.05) is 12.1 Å². The number of halogens is 1. The van der Waals surface area contributed by atoms with Crippen molar-refractivity contribution in [3.63, 3.8) is 0 Å². The third kappa shape index (κ3) is 4.03. The minimum Gasteiger partial charge on any atom is -0.324 e. The number of nitro groups is 1. The number of nitrogens with zero attached hydrogens (tertiary/aromatic N) is 1. The molecule has 0 aliphatic heterocycles. The maximum absolute atomic E-state index is 11.9. The summed E-state index contributed by atoms with van der Waals surface area (Å²) in [5, 5.41) is 13.7. The van der Waals surface area contributed by atoms with Crippen LogP contribution in [0, 0.1) is 17.0 Å². The van der Waals surface area contributed by atoms with Crippen LogP contribution in [-0.2, 0) is 11.2 Å². The molecular weight excluding hydrogens is 292 g/mol. The first-order chi connectivity index (χ1) is 9.95. The number of carbonyl (C=O) groups excluding carboxylic acids is 1. The topological polar surface area (TPSA) is 72.2 Å². The summed E-state index contributed by atoms with van der Waals surface area (Å²) in [5.74, 6) is -0.227. The average molecular weight is 305 g/mol. The Morgan fingerprint density at radius 3 is 2.48 bits per heavy atom. The van der Waals surface area contributed by atoms with E-state index in [1.807, 2.05) is 13.0 Å². The Morgan fingerprint density at radius 1 is 1.24 bits per heavy atom. The highest BCUT2D eigenvalue weighted by molar-refractivity contribution is 6.33. The Bertz CT molecular complexity index is 684. The fourth-order valence-electron chi connectivity index (χ4n) is 1.84. The predicted molar refractivity (Wildman–Crippen MR) is 81.6 cm³/mol. The van der Waals surface area contributed by atoms with Crippen molar-refractivity contribution >= 4 is 28.9 Å². The molecule has 5 nitrogen and oxygen atoms in total. The number of benzene rings is 2. The number of hydrogen-bond donors (Lipinski definition) is 1. The van der Waals surface area contributed by atoms with Gasteiger partial charge in [-0.15, -0.1) is 0 Å². The van der Waals surface area contributed by atoms with Crippen LogP contribution in [0.3, 0.4) is 0 Å². The number of hydrogen-bond acceptors (Lipinski definition) is 3. The molecule has 0 unspecified atom stereocenters. The molecule has 21 heavy (non-hydrogen) atoms. The lowest BCUT2D eigenvalue weighted by atomic mass is 10.1. The number of non-ortho nitro benzene ring substituents is 1. The maximum Gasteiger partial charge on any atom is 0.269 e. The second-order valence-electron chi connectivity index (χ2n) is 4.63. The van der Waals surface area contributed by atoms with Gasteiger partial charge >= 0.3 is 0 Å². The molecule has 0 saturated carbocycles. The molecule has 108 valence electrons. The third-order valence-corrected chi connectivity index (χ3v) is 3.22. The molecule has 0 radical (unpaired) electrons. The van der Waals surface area contributed by atoms with E-state index < -0.39 is 4.92 Å². The van der Waals surface area contributed by atoms with Crippen LogP contribution < -0.4 is 5.32 Å². The molecule has 0 aliphatic carbocycles. The third-order valence-electron chi connectivity index (χ3n) is 2.91. The highest BCUT2D eigenvalue weighted by Crippen LogP contribution is 2.23. The van der Waals surface area contributed by atoms with Crippen LogP contribution in [0.15, 0.2) is 42.5 Å². The first-order valence-corrected chi connectivity index (χ1v) is 6.63. The van der Waals surface area contributed by atoms with Crippen LogP contribution in [0.4, 0.5) is 11.4 Å². The van der Waals surface area contributed by atoms with E-state index >= 15 is 0 Å². The Hall–Kier alpha value is -2.40. The summed E-state index contributed by atoms with van der Waals surface area (Å²) in [5.41, 5.74) is 2.25.